The third kappa shape index (κ3) is 2.26. The smallest absolute Gasteiger partial charge is 0.131 e. The molecular weight excluding hydrogens is 236 g/mol. The minimum Gasteiger partial charge on any atom is -0.319 e. The first kappa shape index (κ1) is 12.7. The Labute approximate surface area is 104 Å². The number of halogens is 2. The molecule has 5 heteroatoms. The molecular formula is C13H15F2N3. The molecule has 0 aliphatic heterocycles. The Bertz CT molecular complexity index is 549. The second-order valence-corrected chi connectivity index (χ2v) is 4.44. The van der Waals surface area contributed by atoms with Crippen molar-refractivity contribution in [1.29, 1.82) is 0 Å². The van der Waals surface area contributed by atoms with Crippen LogP contribution in [0.25, 0.3) is 0 Å². The van der Waals surface area contributed by atoms with E-state index >= 15 is 0 Å². The van der Waals surface area contributed by atoms with Crippen molar-refractivity contribution < 1.29 is 8.78 Å². The molecule has 0 bridgehead atoms. The molecule has 1 unspecified atom stereocenters. The fourth-order valence-electron chi connectivity index (χ4n) is 1.92. The molecule has 2 N–H and O–H groups in total. The van der Waals surface area contributed by atoms with Gasteiger partial charge in [-0.1, -0.05) is 6.07 Å². The number of aromatic nitrogens is 2. The van der Waals surface area contributed by atoms with Crippen LogP contribution in [0.5, 0.6) is 0 Å². The van der Waals surface area contributed by atoms with Crippen LogP contribution in [0.15, 0.2) is 30.5 Å². The quantitative estimate of drug-likeness (QED) is 0.911. The molecule has 0 aliphatic rings. The summed E-state index contributed by atoms with van der Waals surface area (Å²) in [5.74, 6) is -1.25. The van der Waals surface area contributed by atoms with E-state index in [0.717, 1.165) is 6.07 Å². The fourth-order valence-corrected chi connectivity index (χ4v) is 1.92. The monoisotopic (exact) mass is 251 g/mol. The molecule has 0 saturated carbocycles. The van der Waals surface area contributed by atoms with Crippen LogP contribution in [0, 0.1) is 11.6 Å². The molecule has 0 radical (unpaired) electrons. The number of hydrogen-bond donors (Lipinski definition) is 1. The number of rotatable bonds is 3. The first-order valence-corrected chi connectivity index (χ1v) is 5.74. The van der Waals surface area contributed by atoms with Gasteiger partial charge < -0.3 is 5.73 Å². The maximum Gasteiger partial charge on any atom is 0.131 e. The molecule has 0 amide bonds. The van der Waals surface area contributed by atoms with Gasteiger partial charge in [-0.25, -0.2) is 8.78 Å². The van der Waals surface area contributed by atoms with E-state index in [1.807, 2.05) is 13.8 Å². The molecule has 1 aromatic heterocycles. The van der Waals surface area contributed by atoms with Crippen LogP contribution in [-0.4, -0.2) is 9.78 Å². The lowest BCUT2D eigenvalue weighted by atomic mass is 10.0. The normalized spacial score (nSPS) is 13.0. The number of nitrogens with zero attached hydrogens (tertiary/aromatic N) is 2. The molecule has 2 rings (SSSR count). The molecule has 0 aliphatic carbocycles. The highest BCUT2D eigenvalue weighted by Crippen LogP contribution is 2.24. The molecule has 0 fully saturated rings. The Balaban J connectivity index is 2.41. The summed E-state index contributed by atoms with van der Waals surface area (Å²) < 4.78 is 28.3. The standard InChI is InChI=1S/C13H15F2N3/c1-8(2)18-12(5-6-17-18)13(16)10-4-3-9(14)7-11(10)15/h3-8,13H,16H2,1-2H3. The second-order valence-electron chi connectivity index (χ2n) is 4.44. The Kier molecular flexibility index (Phi) is 3.43. The Morgan fingerprint density at radius 3 is 2.56 bits per heavy atom. The van der Waals surface area contributed by atoms with E-state index in [2.05, 4.69) is 5.10 Å². The van der Waals surface area contributed by atoms with Gasteiger partial charge in [0.1, 0.15) is 11.6 Å². The largest absolute Gasteiger partial charge is 0.319 e. The zero-order valence-corrected chi connectivity index (χ0v) is 10.3. The van der Waals surface area contributed by atoms with Crippen LogP contribution in [0.3, 0.4) is 0 Å². The maximum atomic E-state index is 13.7. The van der Waals surface area contributed by atoms with Crippen molar-refractivity contribution in [3.05, 3.63) is 53.4 Å². The molecule has 1 atom stereocenters. The highest BCUT2D eigenvalue weighted by atomic mass is 19.1. The van der Waals surface area contributed by atoms with Crippen LogP contribution >= 0.6 is 0 Å². The summed E-state index contributed by atoms with van der Waals surface area (Å²) >= 11 is 0. The average molecular weight is 251 g/mol. The summed E-state index contributed by atoms with van der Waals surface area (Å²) in [6.07, 6.45) is 1.62. The molecule has 0 saturated heterocycles. The second kappa shape index (κ2) is 4.86. The molecule has 0 spiro atoms. The highest BCUT2D eigenvalue weighted by Gasteiger charge is 2.18. The highest BCUT2D eigenvalue weighted by molar-refractivity contribution is 5.29. The molecule has 1 aromatic carbocycles. The molecule has 2 aromatic rings. The van der Waals surface area contributed by atoms with Gasteiger partial charge in [0, 0.05) is 23.9 Å². The van der Waals surface area contributed by atoms with E-state index in [-0.39, 0.29) is 11.6 Å². The van der Waals surface area contributed by atoms with Gasteiger partial charge in [-0.05, 0) is 26.0 Å². The Hall–Kier alpha value is -1.75. The van der Waals surface area contributed by atoms with Crippen LogP contribution in [0.4, 0.5) is 8.78 Å². The zero-order chi connectivity index (χ0) is 13.3. The minimum atomic E-state index is -0.657. The lowest BCUT2D eigenvalue weighted by molar-refractivity contribution is 0.492. The Morgan fingerprint density at radius 2 is 1.94 bits per heavy atom. The third-order valence-electron chi connectivity index (χ3n) is 2.81. The van der Waals surface area contributed by atoms with Crippen molar-refractivity contribution in [1.82, 2.24) is 9.78 Å². The van der Waals surface area contributed by atoms with E-state index in [1.165, 1.54) is 12.1 Å². The van der Waals surface area contributed by atoms with E-state index < -0.39 is 17.7 Å². The van der Waals surface area contributed by atoms with Crippen molar-refractivity contribution in [3.8, 4) is 0 Å². The SMILES string of the molecule is CC(C)n1nccc1C(N)c1ccc(F)cc1F. The van der Waals surface area contributed by atoms with Crippen LogP contribution in [0.2, 0.25) is 0 Å². The summed E-state index contributed by atoms with van der Waals surface area (Å²) in [4.78, 5) is 0. The Morgan fingerprint density at radius 1 is 1.22 bits per heavy atom. The predicted molar refractivity (Wildman–Crippen MR) is 65.0 cm³/mol. The van der Waals surface area contributed by atoms with E-state index in [4.69, 9.17) is 5.73 Å². The zero-order valence-electron chi connectivity index (χ0n) is 10.3. The lowest BCUT2D eigenvalue weighted by Crippen LogP contribution is -2.19. The summed E-state index contributed by atoms with van der Waals surface area (Å²) in [5.41, 5.74) is 6.99. The average Bonchev–Trinajstić information content (AvgIpc) is 2.77. The van der Waals surface area contributed by atoms with Gasteiger partial charge in [0.05, 0.1) is 11.7 Å². The van der Waals surface area contributed by atoms with Crippen LogP contribution in [0.1, 0.15) is 37.2 Å². The van der Waals surface area contributed by atoms with E-state index in [1.54, 1.807) is 16.9 Å². The van der Waals surface area contributed by atoms with E-state index in [9.17, 15) is 8.78 Å². The lowest BCUT2D eigenvalue weighted by Gasteiger charge is -2.17. The summed E-state index contributed by atoms with van der Waals surface area (Å²) in [7, 11) is 0. The van der Waals surface area contributed by atoms with E-state index in [0.29, 0.717) is 5.69 Å². The minimum absolute atomic E-state index is 0.129. The number of benzene rings is 1. The maximum absolute atomic E-state index is 13.7. The van der Waals surface area contributed by atoms with Crippen LogP contribution < -0.4 is 5.73 Å². The summed E-state index contributed by atoms with van der Waals surface area (Å²) in [5, 5.41) is 4.15. The van der Waals surface area contributed by atoms with Gasteiger partial charge in [0.25, 0.3) is 0 Å². The predicted octanol–water partition coefficient (Wildman–Crippen LogP) is 2.79. The van der Waals surface area contributed by atoms with Gasteiger partial charge >= 0.3 is 0 Å². The fraction of sp³-hybridized carbons (Fsp3) is 0.308. The third-order valence-corrected chi connectivity index (χ3v) is 2.81. The molecule has 96 valence electrons. The summed E-state index contributed by atoms with van der Waals surface area (Å²) in [6.45, 7) is 3.93. The van der Waals surface area contributed by atoms with Gasteiger partial charge in [0.15, 0.2) is 0 Å². The molecule has 3 nitrogen and oxygen atoms in total. The van der Waals surface area contributed by atoms with Gasteiger partial charge in [-0.3, -0.25) is 4.68 Å². The van der Waals surface area contributed by atoms with Crippen molar-refractivity contribution in [2.24, 2.45) is 5.73 Å². The first-order valence-electron chi connectivity index (χ1n) is 5.74. The van der Waals surface area contributed by atoms with Crippen molar-refractivity contribution >= 4 is 0 Å². The topological polar surface area (TPSA) is 43.8 Å². The molecule has 1 heterocycles. The summed E-state index contributed by atoms with van der Waals surface area (Å²) in [6, 6.07) is 4.63. The van der Waals surface area contributed by atoms with Gasteiger partial charge in [-0.15, -0.1) is 0 Å². The van der Waals surface area contributed by atoms with Gasteiger partial charge in [-0.2, -0.15) is 5.10 Å². The van der Waals surface area contributed by atoms with Crippen molar-refractivity contribution in [2.75, 3.05) is 0 Å². The van der Waals surface area contributed by atoms with Crippen molar-refractivity contribution in [3.63, 3.8) is 0 Å². The first-order chi connectivity index (χ1) is 8.50. The number of nitrogens with two attached hydrogens (primary N) is 1. The van der Waals surface area contributed by atoms with Crippen LogP contribution in [-0.2, 0) is 0 Å². The van der Waals surface area contributed by atoms with Gasteiger partial charge in [0.2, 0.25) is 0 Å². The molecule has 18 heavy (non-hydrogen) atoms. The van der Waals surface area contributed by atoms with Crippen molar-refractivity contribution in [2.45, 2.75) is 25.9 Å². The number of hydrogen-bond acceptors (Lipinski definition) is 2.